The molecule has 3 aromatic heterocycles. The lowest BCUT2D eigenvalue weighted by molar-refractivity contribution is -0.131. The van der Waals surface area contributed by atoms with Crippen LogP contribution in [-0.2, 0) is 11.3 Å². The maximum atomic E-state index is 14.7. The molecular weight excluding hydrogens is 577 g/mol. The Balaban J connectivity index is 1.13. The van der Waals surface area contributed by atoms with Gasteiger partial charge in [-0.15, -0.1) is 10.2 Å². The van der Waals surface area contributed by atoms with Crippen LogP contribution in [-0.4, -0.2) is 58.4 Å². The van der Waals surface area contributed by atoms with E-state index in [4.69, 9.17) is 4.98 Å². The van der Waals surface area contributed by atoms with Gasteiger partial charge in [-0.3, -0.25) is 9.36 Å². The zero-order valence-corrected chi connectivity index (χ0v) is 25.4. The molecule has 224 valence electrons. The minimum atomic E-state index is -0.381. The number of carbonyl (C=O) groups is 1. The second-order valence-corrected chi connectivity index (χ2v) is 12.5. The van der Waals surface area contributed by atoms with E-state index in [9.17, 15) is 14.0 Å². The molecule has 0 bridgehead atoms. The summed E-state index contributed by atoms with van der Waals surface area (Å²) in [5, 5.41) is 9.92. The minimum Gasteiger partial charge on any atom is -0.342 e. The Labute approximate surface area is 257 Å². The smallest absolute Gasteiger partial charge is 0.326 e. The predicted molar refractivity (Wildman–Crippen MR) is 170 cm³/mol. The van der Waals surface area contributed by atoms with E-state index in [0.29, 0.717) is 60.8 Å². The van der Waals surface area contributed by atoms with Crippen molar-refractivity contribution in [3.05, 3.63) is 94.2 Å². The zero-order valence-electron chi connectivity index (χ0n) is 24.5. The maximum Gasteiger partial charge on any atom is 0.326 e. The van der Waals surface area contributed by atoms with E-state index in [0.717, 1.165) is 27.5 Å². The number of benzene rings is 3. The lowest BCUT2D eigenvalue weighted by Gasteiger charge is -2.34. The van der Waals surface area contributed by atoms with Gasteiger partial charge in [0.05, 0.1) is 28.3 Å². The third kappa shape index (κ3) is 5.04. The summed E-state index contributed by atoms with van der Waals surface area (Å²) in [5.74, 6) is -0.241. The topological polar surface area (TPSA) is 102 Å². The van der Waals surface area contributed by atoms with Crippen LogP contribution >= 0.6 is 11.8 Å². The monoisotopic (exact) mass is 609 g/mol. The van der Waals surface area contributed by atoms with E-state index in [1.165, 1.54) is 17.8 Å². The number of aromatic nitrogens is 6. The number of thioether (sulfide) groups is 1. The molecular formula is C33H32FN7O2S. The number of piperidine rings is 1. The zero-order chi connectivity index (χ0) is 30.4. The second-order valence-electron chi connectivity index (χ2n) is 11.4. The van der Waals surface area contributed by atoms with Crippen molar-refractivity contribution in [3.8, 4) is 0 Å². The molecule has 1 atom stereocenters. The molecule has 6 aromatic rings. The van der Waals surface area contributed by atoms with E-state index < -0.39 is 0 Å². The fourth-order valence-electron chi connectivity index (χ4n) is 6.28. The van der Waals surface area contributed by atoms with Crippen LogP contribution in [0.15, 0.2) is 76.7 Å². The highest BCUT2D eigenvalue weighted by Gasteiger charge is 2.31. The van der Waals surface area contributed by atoms with Crippen LogP contribution in [0.5, 0.6) is 0 Å². The molecule has 1 aliphatic heterocycles. The Hall–Kier alpha value is -4.51. The number of imidazole rings is 1. The van der Waals surface area contributed by atoms with Crippen molar-refractivity contribution in [2.45, 2.75) is 56.1 Å². The Bertz CT molecular complexity index is 2080. The Morgan fingerprint density at radius 3 is 2.61 bits per heavy atom. The van der Waals surface area contributed by atoms with Crippen LogP contribution in [0.1, 0.15) is 43.4 Å². The Kier molecular flexibility index (Phi) is 7.41. The van der Waals surface area contributed by atoms with E-state index in [2.05, 4.69) is 15.2 Å². The molecule has 0 radical (unpaired) electrons. The van der Waals surface area contributed by atoms with Crippen LogP contribution in [0.4, 0.5) is 4.39 Å². The van der Waals surface area contributed by atoms with E-state index >= 15 is 0 Å². The molecule has 1 fully saturated rings. The minimum absolute atomic E-state index is 0.0328. The molecule has 1 N–H and O–H groups in total. The van der Waals surface area contributed by atoms with Crippen molar-refractivity contribution in [2.24, 2.45) is 0 Å². The van der Waals surface area contributed by atoms with Gasteiger partial charge in [0.25, 0.3) is 0 Å². The van der Waals surface area contributed by atoms with Gasteiger partial charge in [-0.25, -0.2) is 14.2 Å². The Morgan fingerprint density at radius 1 is 1.05 bits per heavy atom. The third-order valence-electron chi connectivity index (χ3n) is 8.55. The summed E-state index contributed by atoms with van der Waals surface area (Å²) in [6.45, 7) is 5.44. The molecule has 0 spiro atoms. The van der Waals surface area contributed by atoms with Gasteiger partial charge in [0.2, 0.25) is 11.1 Å². The van der Waals surface area contributed by atoms with Gasteiger partial charge in [-0.2, -0.15) is 0 Å². The van der Waals surface area contributed by atoms with Crippen LogP contribution in [0.25, 0.3) is 33.1 Å². The van der Waals surface area contributed by atoms with E-state index in [1.807, 2.05) is 76.4 Å². The molecule has 1 aliphatic rings. The van der Waals surface area contributed by atoms with Gasteiger partial charge >= 0.3 is 5.69 Å². The van der Waals surface area contributed by atoms with Crippen LogP contribution in [0.2, 0.25) is 0 Å². The Morgan fingerprint density at radius 2 is 1.82 bits per heavy atom. The highest BCUT2D eigenvalue weighted by Crippen LogP contribution is 2.32. The van der Waals surface area contributed by atoms with Crippen molar-refractivity contribution in [1.29, 1.82) is 0 Å². The molecule has 4 heterocycles. The first-order valence-corrected chi connectivity index (χ1v) is 15.8. The lowest BCUT2D eigenvalue weighted by Crippen LogP contribution is -2.44. The fourth-order valence-corrected chi connectivity index (χ4v) is 7.18. The molecule has 0 saturated carbocycles. The number of halogens is 1. The van der Waals surface area contributed by atoms with Gasteiger partial charge in [-0.1, -0.05) is 60.6 Å². The van der Waals surface area contributed by atoms with E-state index in [1.54, 1.807) is 12.1 Å². The first kappa shape index (κ1) is 28.3. The number of carbonyl (C=O) groups excluding carboxylic acids is 1. The summed E-state index contributed by atoms with van der Waals surface area (Å²) < 4.78 is 18.5. The number of H-pyrrole nitrogens is 1. The van der Waals surface area contributed by atoms with Crippen molar-refractivity contribution in [1.82, 2.24) is 34.2 Å². The average Bonchev–Trinajstić information content (AvgIpc) is 3.53. The van der Waals surface area contributed by atoms with Gasteiger partial charge in [-0.05, 0) is 56.5 Å². The van der Waals surface area contributed by atoms with Gasteiger partial charge in [0.15, 0.2) is 5.65 Å². The van der Waals surface area contributed by atoms with Crippen LogP contribution in [0.3, 0.4) is 0 Å². The number of aryl methyl sites for hydroxylation is 1. The number of amides is 1. The van der Waals surface area contributed by atoms with Crippen molar-refractivity contribution >= 4 is 50.8 Å². The number of fused-ring (bicyclic) bond motifs is 4. The van der Waals surface area contributed by atoms with Crippen molar-refractivity contribution in [3.63, 3.8) is 0 Å². The lowest BCUT2D eigenvalue weighted by atomic mass is 10.0. The van der Waals surface area contributed by atoms with Gasteiger partial charge in [0.1, 0.15) is 11.3 Å². The summed E-state index contributed by atoms with van der Waals surface area (Å²) in [5.41, 5.74) is 5.41. The molecule has 11 heteroatoms. The SMILES string of the molecule is CCC(Sc1nnc2c3cc(C)ccc3n(Cc3ccccc3F)c2n1)C(=O)N1CCC(n2c(=O)[nH]c3ccccc32)CC1. The van der Waals surface area contributed by atoms with E-state index in [-0.39, 0.29) is 28.7 Å². The number of nitrogens with zero attached hydrogens (tertiary/aromatic N) is 6. The highest BCUT2D eigenvalue weighted by molar-refractivity contribution is 8.00. The van der Waals surface area contributed by atoms with Gasteiger partial charge < -0.3 is 14.5 Å². The molecule has 9 nitrogen and oxygen atoms in total. The summed E-state index contributed by atoms with van der Waals surface area (Å²) >= 11 is 1.32. The number of nitrogens with one attached hydrogen (secondary N) is 1. The number of likely N-dealkylation sites (tertiary alicyclic amines) is 1. The number of para-hydroxylation sites is 2. The van der Waals surface area contributed by atoms with Crippen LogP contribution < -0.4 is 5.69 Å². The number of rotatable bonds is 7. The number of hydrogen-bond donors (Lipinski definition) is 1. The normalized spacial score (nSPS) is 15.0. The largest absolute Gasteiger partial charge is 0.342 e. The van der Waals surface area contributed by atoms with Crippen LogP contribution in [0, 0.1) is 12.7 Å². The number of hydrogen-bond acceptors (Lipinski definition) is 6. The predicted octanol–water partition coefficient (Wildman–Crippen LogP) is 5.85. The molecule has 3 aromatic carbocycles. The maximum absolute atomic E-state index is 14.7. The first-order valence-electron chi connectivity index (χ1n) is 14.9. The summed E-state index contributed by atoms with van der Waals surface area (Å²) in [6, 6.07) is 20.5. The first-order chi connectivity index (χ1) is 21.4. The molecule has 0 aliphatic carbocycles. The molecule has 1 amide bonds. The van der Waals surface area contributed by atoms with Crippen molar-refractivity contribution in [2.75, 3.05) is 13.1 Å². The van der Waals surface area contributed by atoms with Gasteiger partial charge in [0, 0.05) is 30.1 Å². The average molecular weight is 610 g/mol. The molecule has 1 saturated heterocycles. The molecule has 7 rings (SSSR count). The second kappa shape index (κ2) is 11.5. The standard InChI is InChI=1S/C33H32FN7O2S/c1-3-28(31(42)39-16-14-22(15-17-39)41-27-11-7-6-10-25(27)35-33(41)43)44-32-36-30-29(37-38-32)23-18-20(2)12-13-26(23)40(30)19-21-8-4-5-9-24(21)34/h4-13,18,22,28H,3,14-17,19H2,1-2H3,(H,35,43). The summed E-state index contributed by atoms with van der Waals surface area (Å²) in [6.07, 6.45) is 2.01. The molecule has 44 heavy (non-hydrogen) atoms. The summed E-state index contributed by atoms with van der Waals surface area (Å²) in [4.78, 5) is 36.1. The number of aromatic amines is 1. The summed E-state index contributed by atoms with van der Waals surface area (Å²) in [7, 11) is 0. The third-order valence-corrected chi connectivity index (χ3v) is 9.75. The fraction of sp³-hybridized carbons (Fsp3) is 0.303. The van der Waals surface area contributed by atoms with Crippen molar-refractivity contribution < 1.29 is 9.18 Å². The molecule has 1 unspecified atom stereocenters. The highest BCUT2D eigenvalue weighted by atomic mass is 32.2. The quantitative estimate of drug-likeness (QED) is 0.228.